The Morgan fingerprint density at radius 1 is 1.06 bits per heavy atom. The second-order valence-electron chi connectivity index (χ2n) is 8.27. The molecule has 1 amide bonds. The third-order valence-corrected chi connectivity index (χ3v) is 8.58. The molecule has 32 heavy (non-hydrogen) atoms. The Labute approximate surface area is 186 Å². The van der Waals surface area contributed by atoms with Crippen molar-refractivity contribution in [1.82, 2.24) is 0 Å². The number of anilines is 1. The van der Waals surface area contributed by atoms with E-state index < -0.39 is 45.4 Å². The van der Waals surface area contributed by atoms with Gasteiger partial charge in [-0.3, -0.25) is 4.79 Å². The Balaban J connectivity index is 1.55. The van der Waals surface area contributed by atoms with Gasteiger partial charge in [-0.25, -0.2) is 21.6 Å². The van der Waals surface area contributed by atoms with E-state index in [1.165, 1.54) is 12.1 Å². The Morgan fingerprint density at radius 2 is 1.72 bits per heavy atom. The van der Waals surface area contributed by atoms with Crippen LogP contribution in [0.5, 0.6) is 0 Å². The van der Waals surface area contributed by atoms with Crippen molar-refractivity contribution >= 4 is 33.0 Å². The first-order valence-electron chi connectivity index (χ1n) is 9.82. The van der Waals surface area contributed by atoms with E-state index in [1.54, 1.807) is 0 Å². The van der Waals surface area contributed by atoms with Gasteiger partial charge in [0.2, 0.25) is 0 Å². The molecule has 0 radical (unpaired) electrons. The van der Waals surface area contributed by atoms with Crippen LogP contribution in [0.25, 0.3) is 0 Å². The van der Waals surface area contributed by atoms with Crippen molar-refractivity contribution in [3.63, 3.8) is 0 Å². The van der Waals surface area contributed by atoms with Gasteiger partial charge in [0, 0.05) is 23.4 Å². The van der Waals surface area contributed by atoms with Crippen molar-refractivity contribution < 1.29 is 36.6 Å². The number of halogens is 4. The number of hydrogen-bond donors (Lipinski definition) is 3. The van der Waals surface area contributed by atoms with E-state index in [0.29, 0.717) is 25.0 Å². The normalized spacial score (nSPS) is 27.0. The molecule has 11 heteroatoms. The first-order chi connectivity index (χ1) is 15.0. The Kier molecular flexibility index (Phi) is 6.00. The summed E-state index contributed by atoms with van der Waals surface area (Å²) in [5, 5.41) is 22.1. The lowest BCUT2D eigenvalue weighted by Gasteiger charge is -2.29. The predicted octanol–water partition coefficient (Wildman–Crippen LogP) is 3.16. The molecule has 2 fully saturated rings. The molecule has 2 aliphatic rings. The average Bonchev–Trinajstić information content (AvgIpc) is 3.24. The molecule has 172 valence electrons. The van der Waals surface area contributed by atoms with Gasteiger partial charge in [-0.15, -0.1) is 0 Å². The maximum atomic E-state index is 13.4. The summed E-state index contributed by atoms with van der Waals surface area (Å²) in [6.07, 6.45) is -0.820. The topological polar surface area (TPSA) is 104 Å². The summed E-state index contributed by atoms with van der Waals surface area (Å²) in [6.45, 7) is 0. The van der Waals surface area contributed by atoms with E-state index in [0.717, 1.165) is 6.07 Å². The van der Waals surface area contributed by atoms with E-state index >= 15 is 0 Å². The number of rotatable bonds is 5. The number of amides is 1. The average molecular weight is 490 g/mol. The van der Waals surface area contributed by atoms with Crippen molar-refractivity contribution in [1.29, 1.82) is 0 Å². The Morgan fingerprint density at radius 3 is 2.31 bits per heavy atom. The third kappa shape index (κ3) is 4.12. The second-order valence-corrected chi connectivity index (χ2v) is 10.7. The van der Waals surface area contributed by atoms with Gasteiger partial charge < -0.3 is 15.5 Å². The van der Waals surface area contributed by atoms with Gasteiger partial charge in [-0.2, -0.15) is 0 Å². The lowest BCUT2D eigenvalue weighted by molar-refractivity contribution is -0.0304. The summed E-state index contributed by atoms with van der Waals surface area (Å²) in [6, 6.07) is 4.71. The molecule has 2 aliphatic carbocycles. The molecule has 4 rings (SSSR count). The number of sulfone groups is 1. The van der Waals surface area contributed by atoms with Crippen molar-refractivity contribution in [3.05, 3.63) is 58.4 Å². The summed E-state index contributed by atoms with van der Waals surface area (Å²) < 4.78 is 65.9. The molecule has 0 aliphatic heterocycles. The minimum Gasteiger partial charge on any atom is -0.390 e. The minimum atomic E-state index is -3.96. The maximum Gasteiger partial charge on any atom is 0.255 e. The molecular formula is C21H19ClF3NO5S. The highest BCUT2D eigenvalue weighted by atomic mass is 35.5. The fourth-order valence-electron chi connectivity index (χ4n) is 4.71. The van der Waals surface area contributed by atoms with Gasteiger partial charge >= 0.3 is 0 Å². The number of hydrogen-bond acceptors (Lipinski definition) is 5. The van der Waals surface area contributed by atoms with Crippen molar-refractivity contribution in [3.8, 4) is 0 Å². The van der Waals surface area contributed by atoms with Crippen LogP contribution in [0.2, 0.25) is 5.02 Å². The zero-order chi connectivity index (χ0) is 23.4. The van der Waals surface area contributed by atoms with Crippen LogP contribution in [-0.4, -0.2) is 42.5 Å². The van der Waals surface area contributed by atoms with Gasteiger partial charge in [0.05, 0.1) is 27.9 Å². The highest BCUT2D eigenvalue weighted by molar-refractivity contribution is 7.91. The van der Waals surface area contributed by atoms with Gasteiger partial charge in [0.15, 0.2) is 27.3 Å². The van der Waals surface area contributed by atoms with Crippen LogP contribution >= 0.6 is 11.6 Å². The smallest absolute Gasteiger partial charge is 0.255 e. The van der Waals surface area contributed by atoms with E-state index in [2.05, 4.69) is 5.32 Å². The van der Waals surface area contributed by atoms with Crippen LogP contribution in [-0.2, 0) is 9.84 Å². The minimum absolute atomic E-state index is 0.107. The Hall–Kier alpha value is -2.14. The van der Waals surface area contributed by atoms with Crippen LogP contribution in [0.4, 0.5) is 18.9 Å². The zero-order valence-electron chi connectivity index (χ0n) is 16.4. The van der Waals surface area contributed by atoms with E-state index in [4.69, 9.17) is 11.6 Å². The van der Waals surface area contributed by atoms with Gasteiger partial charge in [0.1, 0.15) is 0 Å². The fourth-order valence-corrected chi connectivity index (χ4v) is 6.98. The summed E-state index contributed by atoms with van der Waals surface area (Å²) in [5.74, 6) is -6.68. The van der Waals surface area contributed by atoms with Crippen LogP contribution < -0.4 is 5.32 Å². The Bertz CT molecular complexity index is 1170. The molecule has 4 unspecified atom stereocenters. The lowest BCUT2D eigenvalue weighted by atomic mass is 9.86. The molecule has 0 heterocycles. The number of benzene rings is 2. The molecule has 5 atom stereocenters. The predicted molar refractivity (Wildman–Crippen MR) is 109 cm³/mol. The van der Waals surface area contributed by atoms with Crippen molar-refractivity contribution in [2.75, 3.05) is 11.1 Å². The van der Waals surface area contributed by atoms with Crippen LogP contribution in [0.15, 0.2) is 35.2 Å². The molecule has 2 aromatic carbocycles. The van der Waals surface area contributed by atoms with Crippen molar-refractivity contribution in [2.45, 2.75) is 29.9 Å². The molecule has 2 bridgehead atoms. The van der Waals surface area contributed by atoms with Crippen LogP contribution in [0.3, 0.4) is 0 Å². The highest BCUT2D eigenvalue weighted by Gasteiger charge is 2.52. The number of aliphatic hydroxyl groups excluding tert-OH is 2. The summed E-state index contributed by atoms with van der Waals surface area (Å²) in [5.41, 5.74) is -0.484. The first-order valence-corrected chi connectivity index (χ1v) is 11.9. The molecular weight excluding hydrogens is 471 g/mol. The second kappa shape index (κ2) is 8.33. The SMILES string of the molecule is O=C(Nc1cc(F)c(F)c(F)c1)c1ccc(Cl)c(S(=O)(=O)C[C@H]2CC3CC2C(O)C3O)c1. The molecule has 6 nitrogen and oxygen atoms in total. The van der Waals surface area contributed by atoms with Gasteiger partial charge in [0.25, 0.3) is 5.91 Å². The first kappa shape index (κ1) is 23.0. The van der Waals surface area contributed by atoms with Gasteiger partial charge in [-0.1, -0.05) is 11.6 Å². The van der Waals surface area contributed by atoms with Crippen molar-refractivity contribution in [2.24, 2.45) is 17.8 Å². The maximum absolute atomic E-state index is 13.4. The molecule has 3 N–H and O–H groups in total. The summed E-state index contributed by atoms with van der Waals surface area (Å²) >= 11 is 6.08. The quantitative estimate of drug-likeness (QED) is 0.560. The number of carbonyl (C=O) groups is 1. The van der Waals surface area contributed by atoms with E-state index in [9.17, 15) is 36.6 Å². The molecule has 0 aromatic heterocycles. The monoisotopic (exact) mass is 489 g/mol. The number of carbonyl (C=O) groups excluding carboxylic acids is 1. The highest BCUT2D eigenvalue weighted by Crippen LogP contribution is 2.49. The standard InChI is InChI=1S/C21H19ClF3NO5S/c22-14-2-1-9(21(29)26-12-6-15(23)18(25)16(24)7-12)5-17(14)32(30,31)8-11-3-10-4-13(11)20(28)19(10)27/h1-2,5-7,10-11,13,19-20,27-28H,3-4,8H2,(H,26,29)/t10?,11-,13?,19?,20?/m1/s1. The van der Waals surface area contributed by atoms with Crippen LogP contribution in [0.1, 0.15) is 23.2 Å². The zero-order valence-corrected chi connectivity index (χ0v) is 18.0. The fraction of sp³-hybridized carbons (Fsp3) is 0.381. The number of fused-ring (bicyclic) bond motifs is 2. The summed E-state index contributed by atoms with van der Waals surface area (Å²) in [7, 11) is -3.96. The van der Waals surface area contributed by atoms with E-state index in [-0.39, 0.29) is 44.7 Å². The number of aliphatic hydroxyl groups is 2. The van der Waals surface area contributed by atoms with Gasteiger partial charge in [-0.05, 0) is 48.8 Å². The third-order valence-electron chi connectivity index (χ3n) is 6.26. The van der Waals surface area contributed by atoms with Crippen LogP contribution in [0, 0.1) is 35.2 Å². The number of nitrogens with one attached hydrogen (secondary N) is 1. The molecule has 2 aromatic rings. The largest absolute Gasteiger partial charge is 0.390 e. The molecule has 0 spiro atoms. The summed E-state index contributed by atoms with van der Waals surface area (Å²) in [4.78, 5) is 12.2. The molecule has 0 saturated heterocycles. The lowest BCUT2D eigenvalue weighted by Crippen LogP contribution is -2.38. The van der Waals surface area contributed by atoms with E-state index in [1.807, 2.05) is 0 Å². The molecule has 2 saturated carbocycles.